The molecule has 2 rings (SSSR count). The van der Waals surface area contributed by atoms with Gasteiger partial charge in [0.2, 0.25) is 0 Å². The Morgan fingerprint density at radius 1 is 1.67 bits per heavy atom. The van der Waals surface area contributed by atoms with Gasteiger partial charge in [0, 0.05) is 25.4 Å². The van der Waals surface area contributed by atoms with E-state index in [9.17, 15) is 0 Å². The Labute approximate surface area is 90.4 Å². The normalized spacial score (nSPS) is 20.2. The molecule has 2 N–H and O–H groups in total. The molecule has 1 aliphatic rings. The summed E-state index contributed by atoms with van der Waals surface area (Å²) >= 11 is 0. The van der Waals surface area contributed by atoms with E-state index in [1.54, 1.807) is 7.11 Å². The van der Waals surface area contributed by atoms with Crippen LogP contribution in [0.25, 0.3) is 0 Å². The minimum atomic E-state index is -0.0391. The van der Waals surface area contributed by atoms with Gasteiger partial charge in [-0.05, 0) is 25.7 Å². The van der Waals surface area contributed by atoms with Gasteiger partial charge in [0.15, 0.2) is 0 Å². The molecule has 2 atom stereocenters. The van der Waals surface area contributed by atoms with Crippen LogP contribution in [0, 0.1) is 5.92 Å². The number of hydrogen-bond acceptors (Lipinski definition) is 3. The third-order valence-corrected chi connectivity index (χ3v) is 3.07. The molecule has 0 saturated heterocycles. The summed E-state index contributed by atoms with van der Waals surface area (Å²) in [4.78, 5) is 0. The molecule has 1 fully saturated rings. The average molecular weight is 209 g/mol. The monoisotopic (exact) mass is 209 g/mol. The van der Waals surface area contributed by atoms with Gasteiger partial charge in [-0.2, -0.15) is 5.10 Å². The fourth-order valence-corrected chi connectivity index (χ4v) is 1.97. The number of nitrogens with two attached hydrogens (primary N) is 1. The molecule has 0 radical (unpaired) electrons. The van der Waals surface area contributed by atoms with Crippen molar-refractivity contribution >= 4 is 0 Å². The summed E-state index contributed by atoms with van der Waals surface area (Å²) in [5, 5.41) is 4.23. The van der Waals surface area contributed by atoms with Crippen LogP contribution in [0.2, 0.25) is 0 Å². The molecule has 84 valence electrons. The van der Waals surface area contributed by atoms with Gasteiger partial charge in [-0.15, -0.1) is 0 Å². The van der Waals surface area contributed by atoms with Crippen LogP contribution in [0.3, 0.4) is 0 Å². The lowest BCUT2D eigenvalue weighted by atomic mass is 10.0. The van der Waals surface area contributed by atoms with Crippen molar-refractivity contribution in [1.82, 2.24) is 9.78 Å². The van der Waals surface area contributed by atoms with Gasteiger partial charge < -0.3 is 10.5 Å². The maximum atomic E-state index is 6.18. The van der Waals surface area contributed by atoms with Crippen LogP contribution >= 0.6 is 0 Å². The molecule has 15 heavy (non-hydrogen) atoms. The highest BCUT2D eigenvalue weighted by molar-refractivity contribution is 5.13. The Hall–Kier alpha value is -0.870. The molecule has 1 aliphatic carbocycles. The molecule has 1 aromatic rings. The van der Waals surface area contributed by atoms with Gasteiger partial charge in [0.25, 0.3) is 0 Å². The van der Waals surface area contributed by atoms with Gasteiger partial charge in [0.1, 0.15) is 0 Å². The minimum Gasteiger partial charge on any atom is -0.379 e. The lowest BCUT2D eigenvalue weighted by Gasteiger charge is -2.21. The van der Waals surface area contributed by atoms with Crippen LogP contribution in [0.5, 0.6) is 0 Å². The van der Waals surface area contributed by atoms with Gasteiger partial charge >= 0.3 is 0 Å². The predicted octanol–water partition coefficient (Wildman–Crippen LogP) is 1.33. The van der Waals surface area contributed by atoms with E-state index in [1.165, 1.54) is 12.8 Å². The summed E-state index contributed by atoms with van der Waals surface area (Å²) in [6, 6.07) is -0.0391. The molecule has 4 nitrogen and oxygen atoms in total. The van der Waals surface area contributed by atoms with Crippen LogP contribution in [0.4, 0.5) is 0 Å². The van der Waals surface area contributed by atoms with E-state index in [1.807, 2.05) is 17.1 Å². The van der Waals surface area contributed by atoms with Crippen molar-refractivity contribution in [2.45, 2.75) is 38.5 Å². The highest BCUT2D eigenvalue weighted by Crippen LogP contribution is 2.38. The van der Waals surface area contributed by atoms with Crippen molar-refractivity contribution in [1.29, 1.82) is 0 Å². The predicted molar refractivity (Wildman–Crippen MR) is 58.4 cm³/mol. The number of rotatable bonds is 5. The van der Waals surface area contributed by atoms with Gasteiger partial charge in [-0.25, -0.2) is 0 Å². The lowest BCUT2D eigenvalue weighted by molar-refractivity contribution is 0.0624. The molecular weight excluding hydrogens is 190 g/mol. The molecule has 0 aliphatic heterocycles. The Kier molecular flexibility index (Phi) is 3.07. The van der Waals surface area contributed by atoms with Gasteiger partial charge in [0.05, 0.1) is 18.3 Å². The smallest absolute Gasteiger partial charge is 0.0793 e. The van der Waals surface area contributed by atoms with Crippen LogP contribution in [-0.2, 0) is 11.3 Å². The third kappa shape index (κ3) is 2.21. The summed E-state index contributed by atoms with van der Waals surface area (Å²) in [6.07, 6.45) is 6.50. The van der Waals surface area contributed by atoms with Crippen molar-refractivity contribution in [2.75, 3.05) is 7.11 Å². The molecule has 4 heteroatoms. The standard InChI is InChI=1S/C11H19N3O/c1-3-14-7-9(6-13-14)10(12)11(15-2)8-4-5-8/h6-8,10-11H,3-5,12H2,1-2H3. The second-order valence-corrected chi connectivity index (χ2v) is 4.19. The summed E-state index contributed by atoms with van der Waals surface area (Å²) in [5.74, 6) is 0.648. The number of hydrogen-bond donors (Lipinski definition) is 1. The first-order valence-electron chi connectivity index (χ1n) is 5.57. The SMILES string of the molecule is CCn1cc(C(N)C(OC)C2CC2)cn1. The highest BCUT2D eigenvalue weighted by atomic mass is 16.5. The largest absolute Gasteiger partial charge is 0.379 e. The molecule has 0 amide bonds. The molecular formula is C11H19N3O. The Balaban J connectivity index is 2.07. The van der Waals surface area contributed by atoms with Crippen LogP contribution in [-0.4, -0.2) is 23.0 Å². The minimum absolute atomic E-state index is 0.0391. The van der Waals surface area contributed by atoms with Gasteiger partial charge in [-0.1, -0.05) is 0 Å². The maximum absolute atomic E-state index is 6.18. The molecule has 0 bridgehead atoms. The first-order chi connectivity index (χ1) is 7.26. The van der Waals surface area contributed by atoms with E-state index >= 15 is 0 Å². The summed E-state index contributed by atoms with van der Waals surface area (Å²) in [6.45, 7) is 2.95. The number of aryl methyl sites for hydroxylation is 1. The quantitative estimate of drug-likeness (QED) is 0.796. The fourth-order valence-electron chi connectivity index (χ4n) is 1.97. The van der Waals surface area contributed by atoms with Crippen molar-refractivity contribution in [3.8, 4) is 0 Å². The molecule has 1 aromatic heterocycles. The average Bonchev–Trinajstić information content (AvgIpc) is 2.97. The van der Waals surface area contributed by atoms with E-state index in [-0.39, 0.29) is 12.1 Å². The summed E-state index contributed by atoms with van der Waals surface area (Å²) in [7, 11) is 1.74. The van der Waals surface area contributed by atoms with E-state index in [0.29, 0.717) is 5.92 Å². The van der Waals surface area contributed by atoms with Crippen molar-refractivity contribution in [2.24, 2.45) is 11.7 Å². The van der Waals surface area contributed by atoms with E-state index in [2.05, 4.69) is 12.0 Å². The number of nitrogens with zero attached hydrogens (tertiary/aromatic N) is 2. The number of ether oxygens (including phenoxy) is 1. The summed E-state index contributed by atoms with van der Waals surface area (Å²) in [5.41, 5.74) is 7.26. The maximum Gasteiger partial charge on any atom is 0.0793 e. The molecule has 0 aromatic carbocycles. The lowest BCUT2D eigenvalue weighted by Crippen LogP contribution is -2.29. The Morgan fingerprint density at radius 2 is 2.40 bits per heavy atom. The first-order valence-corrected chi connectivity index (χ1v) is 5.57. The first kappa shape index (κ1) is 10.6. The van der Waals surface area contributed by atoms with Crippen LogP contribution in [0.15, 0.2) is 12.4 Å². The zero-order chi connectivity index (χ0) is 10.8. The second-order valence-electron chi connectivity index (χ2n) is 4.19. The van der Waals surface area contributed by atoms with E-state index in [4.69, 9.17) is 10.5 Å². The van der Waals surface area contributed by atoms with Crippen molar-refractivity contribution < 1.29 is 4.74 Å². The molecule has 0 spiro atoms. The molecule has 2 unspecified atom stereocenters. The Morgan fingerprint density at radius 3 is 2.87 bits per heavy atom. The fraction of sp³-hybridized carbons (Fsp3) is 0.727. The zero-order valence-corrected chi connectivity index (χ0v) is 9.39. The van der Waals surface area contributed by atoms with Crippen molar-refractivity contribution in [3.63, 3.8) is 0 Å². The number of methoxy groups -OCH3 is 1. The Bertz CT molecular complexity index is 319. The zero-order valence-electron chi connectivity index (χ0n) is 9.39. The third-order valence-electron chi connectivity index (χ3n) is 3.07. The second kappa shape index (κ2) is 4.33. The number of aromatic nitrogens is 2. The molecule has 1 saturated carbocycles. The summed E-state index contributed by atoms with van der Waals surface area (Å²) < 4.78 is 7.37. The molecule has 1 heterocycles. The topological polar surface area (TPSA) is 53.1 Å². The highest BCUT2D eigenvalue weighted by Gasteiger charge is 2.36. The van der Waals surface area contributed by atoms with Crippen molar-refractivity contribution in [3.05, 3.63) is 18.0 Å². The van der Waals surface area contributed by atoms with Crippen LogP contribution in [0.1, 0.15) is 31.4 Å². The van der Waals surface area contributed by atoms with E-state index in [0.717, 1.165) is 12.1 Å². The van der Waals surface area contributed by atoms with E-state index < -0.39 is 0 Å². The van der Waals surface area contributed by atoms with Crippen LogP contribution < -0.4 is 5.73 Å². The van der Waals surface area contributed by atoms with Gasteiger partial charge in [-0.3, -0.25) is 4.68 Å².